The van der Waals surface area contributed by atoms with Gasteiger partial charge in [0.05, 0.1) is 4.88 Å². The van der Waals surface area contributed by atoms with E-state index in [2.05, 4.69) is 28.1 Å². The minimum Gasteiger partial charge on any atom is -0.335 e. The largest absolute Gasteiger partial charge is 0.335 e. The number of urea groups is 1. The number of hydrogen-bond donors (Lipinski definition) is 4. The van der Waals surface area contributed by atoms with Gasteiger partial charge in [-0.15, -0.1) is 11.3 Å². The lowest BCUT2D eigenvalue weighted by Crippen LogP contribution is -3.28. The van der Waals surface area contributed by atoms with Gasteiger partial charge < -0.3 is 15.1 Å². The molecule has 0 unspecified atom stereocenters. The van der Waals surface area contributed by atoms with E-state index in [-0.39, 0.29) is 18.0 Å². The van der Waals surface area contributed by atoms with Crippen LogP contribution in [0.5, 0.6) is 0 Å². The average Bonchev–Trinajstić information content (AvgIpc) is 3.23. The first-order valence-corrected chi connectivity index (χ1v) is 9.87. The zero-order chi connectivity index (χ0) is 16.8. The van der Waals surface area contributed by atoms with E-state index in [1.807, 2.05) is 11.3 Å². The van der Waals surface area contributed by atoms with Crippen LogP contribution in [0, 0.1) is 0 Å². The lowest BCUT2D eigenvalue weighted by molar-refractivity contribution is -1.01. The van der Waals surface area contributed by atoms with E-state index in [9.17, 15) is 9.59 Å². The Hall–Kier alpha value is -1.44. The fraction of sp³-hybridized carbons (Fsp3) is 0.647. The van der Waals surface area contributed by atoms with Gasteiger partial charge in [-0.25, -0.2) is 4.79 Å². The monoisotopic (exact) mass is 352 g/mol. The molecule has 1 aromatic heterocycles. The predicted octanol–water partition coefficient (Wildman–Crippen LogP) is -1.20. The van der Waals surface area contributed by atoms with Crippen LogP contribution in [0.3, 0.4) is 0 Å². The van der Waals surface area contributed by atoms with Crippen LogP contribution < -0.4 is 20.4 Å². The van der Waals surface area contributed by atoms with E-state index < -0.39 is 0 Å². The second kappa shape index (κ2) is 8.60. The lowest BCUT2D eigenvalue weighted by atomic mass is 10.2. The van der Waals surface area contributed by atoms with Crippen molar-refractivity contribution in [2.45, 2.75) is 38.3 Å². The quantitative estimate of drug-likeness (QED) is 0.538. The summed E-state index contributed by atoms with van der Waals surface area (Å²) in [6, 6.07) is 4.21. The van der Waals surface area contributed by atoms with Crippen LogP contribution in [0.25, 0.3) is 0 Å². The molecule has 132 valence electrons. The first kappa shape index (κ1) is 17.4. The molecule has 0 radical (unpaired) electrons. The van der Waals surface area contributed by atoms with Gasteiger partial charge in [-0.2, -0.15) is 0 Å². The van der Waals surface area contributed by atoms with E-state index in [1.54, 1.807) is 4.90 Å². The maximum absolute atomic E-state index is 12.0. The van der Waals surface area contributed by atoms with Crippen molar-refractivity contribution in [3.63, 3.8) is 0 Å². The second-order valence-corrected chi connectivity index (χ2v) is 7.97. The summed E-state index contributed by atoms with van der Waals surface area (Å²) in [5, 5.41) is 7.50. The predicted molar refractivity (Wildman–Crippen MR) is 93.2 cm³/mol. The van der Waals surface area contributed by atoms with E-state index in [4.69, 9.17) is 0 Å². The number of carbonyl (C=O) groups excluding carboxylic acids is 2. The molecule has 0 spiro atoms. The molecule has 2 heterocycles. The highest BCUT2D eigenvalue weighted by atomic mass is 32.1. The third-order valence-corrected chi connectivity index (χ3v) is 5.90. The zero-order valence-electron chi connectivity index (χ0n) is 14.1. The number of rotatable bonds is 5. The van der Waals surface area contributed by atoms with Crippen molar-refractivity contribution >= 4 is 23.3 Å². The molecule has 1 aliphatic carbocycles. The molecule has 0 aromatic carbocycles. The Morgan fingerprint density at radius 1 is 1.12 bits per heavy atom. The Balaban J connectivity index is 1.33. The summed E-state index contributed by atoms with van der Waals surface area (Å²) in [7, 11) is 0. The summed E-state index contributed by atoms with van der Waals surface area (Å²) < 4.78 is 0. The minimum absolute atomic E-state index is 0.165. The van der Waals surface area contributed by atoms with Gasteiger partial charge in [0.15, 0.2) is 6.54 Å². The first-order chi connectivity index (χ1) is 11.7. The summed E-state index contributed by atoms with van der Waals surface area (Å²) in [6.07, 6.45) is 4.39. The topological polar surface area (TPSA) is 67.1 Å². The number of nitrogens with one attached hydrogen (secondary N) is 4. The van der Waals surface area contributed by atoms with E-state index in [0.717, 1.165) is 45.6 Å². The molecular weight excluding hydrogens is 324 g/mol. The van der Waals surface area contributed by atoms with E-state index >= 15 is 0 Å². The van der Waals surface area contributed by atoms with Crippen LogP contribution in [0.4, 0.5) is 4.79 Å². The van der Waals surface area contributed by atoms with Crippen LogP contribution in [0.1, 0.15) is 30.6 Å². The van der Waals surface area contributed by atoms with Crippen molar-refractivity contribution in [2.24, 2.45) is 0 Å². The molecule has 4 N–H and O–H groups in total. The summed E-state index contributed by atoms with van der Waals surface area (Å²) in [6.45, 7) is 5.60. The number of thiophene rings is 1. The van der Waals surface area contributed by atoms with Crippen LogP contribution in [0.2, 0.25) is 0 Å². The van der Waals surface area contributed by atoms with E-state index in [1.165, 1.54) is 22.6 Å². The van der Waals surface area contributed by atoms with Gasteiger partial charge in [0.1, 0.15) is 32.7 Å². The van der Waals surface area contributed by atoms with Crippen molar-refractivity contribution in [1.82, 2.24) is 10.6 Å². The van der Waals surface area contributed by atoms with Crippen LogP contribution in [0.15, 0.2) is 17.5 Å². The number of hydrogen-bond acceptors (Lipinski definition) is 3. The second-order valence-electron chi connectivity index (χ2n) is 6.94. The number of piperazine rings is 1. The normalized spacial score (nSPS) is 24.7. The number of amides is 3. The van der Waals surface area contributed by atoms with Crippen LogP contribution in [-0.2, 0) is 11.3 Å². The van der Waals surface area contributed by atoms with Gasteiger partial charge in [0.25, 0.3) is 5.91 Å². The summed E-state index contributed by atoms with van der Waals surface area (Å²) in [5.74, 6) is -0.165. The highest BCUT2D eigenvalue weighted by molar-refractivity contribution is 7.09. The lowest BCUT2D eigenvalue weighted by Gasteiger charge is -2.29. The number of carbonyl (C=O) groups is 2. The molecule has 3 amide bonds. The zero-order valence-corrected chi connectivity index (χ0v) is 14.9. The molecule has 24 heavy (non-hydrogen) atoms. The van der Waals surface area contributed by atoms with Crippen molar-refractivity contribution in [3.8, 4) is 0 Å². The average molecular weight is 353 g/mol. The summed E-state index contributed by atoms with van der Waals surface area (Å²) in [4.78, 5) is 28.1. The Bertz CT molecular complexity index is 535. The molecule has 0 bridgehead atoms. The van der Waals surface area contributed by atoms with Gasteiger partial charge in [-0.1, -0.05) is 18.9 Å². The summed E-state index contributed by atoms with van der Waals surface area (Å²) >= 11 is 1.81. The smallest absolute Gasteiger partial charge is 0.321 e. The van der Waals surface area contributed by atoms with Crippen molar-refractivity contribution in [1.29, 1.82) is 0 Å². The van der Waals surface area contributed by atoms with E-state index in [0.29, 0.717) is 6.54 Å². The Labute approximate surface area is 147 Å². The third kappa shape index (κ3) is 5.29. The molecule has 1 aromatic rings. The number of quaternary nitrogens is 2. The Morgan fingerprint density at radius 3 is 2.50 bits per heavy atom. The van der Waals surface area contributed by atoms with Gasteiger partial charge in [-0.05, 0) is 24.3 Å². The molecule has 6 nitrogen and oxygen atoms in total. The standard InChI is InChI=1S/C17H26N4O2S/c22-16(19-17(23)18-14-4-1-2-5-14)13-21-9-7-20(8-10-21)12-15-6-3-11-24-15/h3,6,11,14H,1-2,4-5,7-10,12-13H2,(H2,18,19,22,23)/p+2. The minimum atomic E-state index is -0.326. The van der Waals surface area contributed by atoms with Crippen LogP contribution in [-0.4, -0.2) is 50.7 Å². The molecule has 7 heteroatoms. The fourth-order valence-electron chi connectivity index (χ4n) is 3.66. The molecule has 1 saturated heterocycles. The maximum Gasteiger partial charge on any atom is 0.321 e. The SMILES string of the molecule is O=C(C[NH+]1CC[NH+](Cc2cccs2)CC1)NC(=O)NC1CCCC1. The molecular formula is C17H28N4O2S+2. The van der Waals surface area contributed by atoms with Crippen molar-refractivity contribution in [3.05, 3.63) is 22.4 Å². The Morgan fingerprint density at radius 2 is 1.83 bits per heavy atom. The molecule has 2 aliphatic rings. The number of imide groups is 1. The maximum atomic E-state index is 12.0. The van der Waals surface area contributed by atoms with Crippen molar-refractivity contribution < 1.29 is 19.4 Å². The fourth-order valence-corrected chi connectivity index (χ4v) is 4.44. The van der Waals surface area contributed by atoms with Crippen molar-refractivity contribution in [2.75, 3.05) is 32.7 Å². The third-order valence-electron chi connectivity index (χ3n) is 5.02. The first-order valence-electron chi connectivity index (χ1n) is 8.99. The Kier molecular flexibility index (Phi) is 6.23. The van der Waals surface area contributed by atoms with Gasteiger partial charge in [0, 0.05) is 6.04 Å². The molecule has 2 fully saturated rings. The molecule has 0 atom stereocenters. The highest BCUT2D eigenvalue weighted by Gasteiger charge is 2.26. The molecule has 3 rings (SSSR count). The summed E-state index contributed by atoms with van der Waals surface area (Å²) in [5.41, 5.74) is 0. The highest BCUT2D eigenvalue weighted by Crippen LogP contribution is 2.17. The molecule has 1 aliphatic heterocycles. The van der Waals surface area contributed by atoms with Crippen LogP contribution >= 0.6 is 11.3 Å². The van der Waals surface area contributed by atoms with Gasteiger partial charge in [-0.3, -0.25) is 10.1 Å². The van der Waals surface area contributed by atoms with Gasteiger partial charge >= 0.3 is 6.03 Å². The molecule has 1 saturated carbocycles. The van der Waals surface area contributed by atoms with Gasteiger partial charge in [0.2, 0.25) is 0 Å².